The second-order valence-electron chi connectivity index (χ2n) is 5.67. The summed E-state index contributed by atoms with van der Waals surface area (Å²) in [4.78, 5) is 14.3. The fourth-order valence-electron chi connectivity index (χ4n) is 2.57. The molecule has 4 heteroatoms. The molecule has 18 heavy (non-hydrogen) atoms. The minimum atomic E-state index is 0.0401. The Morgan fingerprint density at radius 3 is 2.50 bits per heavy atom. The molecule has 0 aromatic rings. The van der Waals surface area contributed by atoms with Crippen molar-refractivity contribution >= 4 is 17.7 Å². The van der Waals surface area contributed by atoms with Crippen molar-refractivity contribution in [2.75, 3.05) is 19.5 Å². The standard InChI is InChI=1S/C14H28N2OS/c1-6-14(7-2,18-5)9-16-10-15-12(13(16)17)8-11(3)4/h11-12,15H,6-10H2,1-5H3. The van der Waals surface area contributed by atoms with E-state index in [2.05, 4.69) is 39.3 Å². The van der Waals surface area contributed by atoms with Crippen molar-refractivity contribution in [1.29, 1.82) is 0 Å². The van der Waals surface area contributed by atoms with Gasteiger partial charge >= 0.3 is 0 Å². The maximum Gasteiger partial charge on any atom is 0.240 e. The molecule has 1 amide bonds. The van der Waals surface area contributed by atoms with Gasteiger partial charge in [0, 0.05) is 11.3 Å². The van der Waals surface area contributed by atoms with Gasteiger partial charge in [0.25, 0.3) is 0 Å². The van der Waals surface area contributed by atoms with Crippen LogP contribution in [0.2, 0.25) is 0 Å². The molecule has 106 valence electrons. The van der Waals surface area contributed by atoms with Crippen molar-refractivity contribution in [1.82, 2.24) is 10.2 Å². The van der Waals surface area contributed by atoms with Crippen LogP contribution in [0.1, 0.15) is 47.0 Å². The fourth-order valence-corrected chi connectivity index (χ4v) is 3.43. The van der Waals surface area contributed by atoms with E-state index in [9.17, 15) is 4.79 Å². The molecule has 1 saturated heterocycles. The average molecular weight is 272 g/mol. The second-order valence-corrected chi connectivity index (χ2v) is 6.95. The smallest absolute Gasteiger partial charge is 0.240 e. The third-order valence-electron chi connectivity index (χ3n) is 4.05. The highest BCUT2D eigenvalue weighted by Crippen LogP contribution is 2.32. The van der Waals surface area contributed by atoms with Crippen LogP contribution >= 0.6 is 11.8 Å². The number of thioether (sulfide) groups is 1. The Balaban J connectivity index is 2.61. The first-order valence-corrected chi connectivity index (χ1v) is 8.27. The van der Waals surface area contributed by atoms with Gasteiger partial charge in [-0.05, 0) is 31.4 Å². The number of rotatable bonds is 7. The highest BCUT2D eigenvalue weighted by atomic mass is 32.2. The van der Waals surface area contributed by atoms with Crippen LogP contribution in [0.15, 0.2) is 0 Å². The number of hydrogen-bond acceptors (Lipinski definition) is 3. The summed E-state index contributed by atoms with van der Waals surface area (Å²) in [5.41, 5.74) is 0. The van der Waals surface area contributed by atoms with Crippen LogP contribution in [0.25, 0.3) is 0 Å². The van der Waals surface area contributed by atoms with E-state index in [-0.39, 0.29) is 10.8 Å². The molecule has 1 atom stereocenters. The maximum absolute atomic E-state index is 12.3. The van der Waals surface area contributed by atoms with Crippen LogP contribution in [0.5, 0.6) is 0 Å². The van der Waals surface area contributed by atoms with E-state index in [0.717, 1.165) is 32.5 Å². The molecule has 0 bridgehead atoms. The SMILES string of the molecule is CCC(CC)(CN1CNC(CC(C)C)C1=O)SC. The minimum Gasteiger partial charge on any atom is -0.327 e. The summed E-state index contributed by atoms with van der Waals surface area (Å²) in [6.07, 6.45) is 5.33. The van der Waals surface area contributed by atoms with Gasteiger partial charge in [0.05, 0.1) is 12.7 Å². The van der Waals surface area contributed by atoms with Gasteiger partial charge in [0.15, 0.2) is 0 Å². The predicted octanol–water partition coefficient (Wildman–Crippen LogP) is 2.71. The first kappa shape index (κ1) is 15.8. The number of hydrogen-bond donors (Lipinski definition) is 1. The highest BCUT2D eigenvalue weighted by Gasteiger charge is 2.36. The van der Waals surface area contributed by atoms with Crippen LogP contribution in [-0.4, -0.2) is 41.1 Å². The summed E-state index contributed by atoms with van der Waals surface area (Å²) < 4.78 is 0.226. The number of nitrogens with one attached hydrogen (secondary N) is 1. The lowest BCUT2D eigenvalue weighted by Gasteiger charge is -2.33. The van der Waals surface area contributed by atoms with Crippen LogP contribution < -0.4 is 5.32 Å². The van der Waals surface area contributed by atoms with E-state index < -0.39 is 0 Å². The highest BCUT2D eigenvalue weighted by molar-refractivity contribution is 8.00. The third-order valence-corrected chi connectivity index (χ3v) is 5.62. The predicted molar refractivity (Wildman–Crippen MR) is 79.8 cm³/mol. The van der Waals surface area contributed by atoms with Crippen molar-refractivity contribution in [3.8, 4) is 0 Å². The third kappa shape index (κ3) is 3.64. The molecule has 0 aromatic carbocycles. The van der Waals surface area contributed by atoms with Crippen LogP contribution in [-0.2, 0) is 4.79 Å². The van der Waals surface area contributed by atoms with E-state index in [1.165, 1.54) is 0 Å². The summed E-state index contributed by atoms with van der Waals surface area (Å²) in [6, 6.07) is 0.0401. The lowest BCUT2D eigenvalue weighted by Crippen LogP contribution is -2.42. The van der Waals surface area contributed by atoms with E-state index in [4.69, 9.17) is 0 Å². The maximum atomic E-state index is 12.3. The van der Waals surface area contributed by atoms with E-state index >= 15 is 0 Å². The number of amides is 1. The Labute approximate surface area is 116 Å². The molecule has 1 unspecified atom stereocenters. The van der Waals surface area contributed by atoms with Gasteiger partial charge in [-0.15, -0.1) is 0 Å². The molecule has 0 aromatic heterocycles. The molecular weight excluding hydrogens is 244 g/mol. The van der Waals surface area contributed by atoms with Crippen LogP contribution in [0.4, 0.5) is 0 Å². The van der Waals surface area contributed by atoms with Gasteiger partial charge in [0.1, 0.15) is 0 Å². The summed E-state index contributed by atoms with van der Waals surface area (Å²) in [5.74, 6) is 0.859. The molecule has 0 radical (unpaired) electrons. The van der Waals surface area contributed by atoms with Crippen molar-refractivity contribution < 1.29 is 4.79 Å². The first-order chi connectivity index (χ1) is 8.48. The first-order valence-electron chi connectivity index (χ1n) is 7.05. The zero-order chi connectivity index (χ0) is 13.8. The zero-order valence-corrected chi connectivity index (χ0v) is 13.3. The molecule has 1 heterocycles. The van der Waals surface area contributed by atoms with Gasteiger partial charge in [0.2, 0.25) is 5.91 Å². The van der Waals surface area contributed by atoms with Gasteiger partial charge < -0.3 is 4.90 Å². The molecule has 1 aliphatic heterocycles. The zero-order valence-electron chi connectivity index (χ0n) is 12.5. The monoisotopic (exact) mass is 272 g/mol. The Morgan fingerprint density at radius 1 is 1.44 bits per heavy atom. The Morgan fingerprint density at radius 2 is 2.06 bits per heavy atom. The largest absolute Gasteiger partial charge is 0.327 e. The van der Waals surface area contributed by atoms with E-state index in [1.54, 1.807) is 0 Å². The quantitative estimate of drug-likeness (QED) is 0.773. The summed E-state index contributed by atoms with van der Waals surface area (Å²) in [7, 11) is 0. The van der Waals surface area contributed by atoms with Gasteiger partial charge in [-0.3, -0.25) is 10.1 Å². The molecule has 1 fully saturated rings. The number of carbonyl (C=O) groups excluding carboxylic acids is 1. The molecular formula is C14H28N2OS. The lowest BCUT2D eigenvalue weighted by molar-refractivity contribution is -0.129. The molecule has 1 N–H and O–H groups in total. The van der Waals surface area contributed by atoms with Crippen molar-refractivity contribution in [2.45, 2.75) is 57.7 Å². The van der Waals surface area contributed by atoms with Crippen LogP contribution in [0.3, 0.4) is 0 Å². The van der Waals surface area contributed by atoms with Crippen molar-refractivity contribution in [2.24, 2.45) is 5.92 Å². The Hall–Kier alpha value is -0.220. The summed E-state index contributed by atoms with van der Waals surface area (Å²) >= 11 is 1.90. The molecule has 0 aliphatic carbocycles. The molecule has 3 nitrogen and oxygen atoms in total. The van der Waals surface area contributed by atoms with Crippen LogP contribution in [0, 0.1) is 5.92 Å². The molecule has 0 saturated carbocycles. The summed E-state index contributed by atoms with van der Waals surface area (Å²) in [5, 5.41) is 3.35. The van der Waals surface area contributed by atoms with Crippen molar-refractivity contribution in [3.05, 3.63) is 0 Å². The Bertz CT molecular complexity index is 269. The van der Waals surface area contributed by atoms with E-state index in [0.29, 0.717) is 11.8 Å². The van der Waals surface area contributed by atoms with Gasteiger partial charge in [-0.1, -0.05) is 27.7 Å². The summed E-state index contributed by atoms with van der Waals surface area (Å²) in [6.45, 7) is 10.4. The fraction of sp³-hybridized carbons (Fsp3) is 0.929. The molecule has 0 spiro atoms. The Kier molecular flexibility index (Phi) is 5.99. The normalized spacial score (nSPS) is 21.1. The van der Waals surface area contributed by atoms with E-state index in [1.807, 2.05) is 16.7 Å². The van der Waals surface area contributed by atoms with Gasteiger partial charge in [-0.25, -0.2) is 0 Å². The molecule has 1 rings (SSSR count). The minimum absolute atomic E-state index is 0.0401. The number of nitrogens with zero attached hydrogens (tertiary/aromatic N) is 1. The lowest BCUT2D eigenvalue weighted by atomic mass is 10.0. The second kappa shape index (κ2) is 6.80. The number of carbonyl (C=O) groups is 1. The average Bonchev–Trinajstić information content (AvgIpc) is 2.68. The molecule has 1 aliphatic rings. The topological polar surface area (TPSA) is 32.3 Å². The van der Waals surface area contributed by atoms with Crippen molar-refractivity contribution in [3.63, 3.8) is 0 Å². The van der Waals surface area contributed by atoms with Gasteiger partial charge in [-0.2, -0.15) is 11.8 Å².